The number of hydrogen-bond donors (Lipinski definition) is 0. The lowest BCUT2D eigenvalue weighted by molar-refractivity contribution is 0.483. The lowest BCUT2D eigenvalue weighted by Crippen LogP contribution is -2.25. The molecule has 0 aromatic heterocycles. The largest absolute Gasteiger partial charge is 0.257 e. The summed E-state index contributed by atoms with van der Waals surface area (Å²) in [6.07, 6.45) is 20.8. The Morgan fingerprint density at radius 2 is 1.50 bits per heavy atom. The Kier molecular flexibility index (Phi) is 6.35. The van der Waals surface area contributed by atoms with E-state index in [0.717, 1.165) is 31.4 Å². The van der Waals surface area contributed by atoms with Gasteiger partial charge < -0.3 is 0 Å². The van der Waals surface area contributed by atoms with E-state index in [-0.39, 0.29) is 0 Å². The predicted molar refractivity (Wildman–Crippen MR) is 163 cm³/mol. The number of fused-ring (bicyclic) bond motifs is 3. The van der Waals surface area contributed by atoms with Gasteiger partial charge in [0.15, 0.2) is 0 Å². The SMILES string of the molecule is C1=CC(C2C=CC=C3c4ccccc4SC32)CC(C2=CCC(=Nc3ccccc3-c3ccccc3)CC2)=C1. The minimum atomic E-state index is 0.523. The van der Waals surface area contributed by atoms with Gasteiger partial charge >= 0.3 is 0 Å². The molecule has 0 bridgehead atoms. The highest BCUT2D eigenvalue weighted by atomic mass is 32.2. The molecule has 2 heteroatoms. The van der Waals surface area contributed by atoms with E-state index >= 15 is 0 Å². The monoisotopic (exact) mass is 509 g/mol. The third-order valence-electron chi connectivity index (χ3n) is 8.27. The van der Waals surface area contributed by atoms with Gasteiger partial charge in [0.2, 0.25) is 0 Å². The molecule has 3 aromatic rings. The number of para-hydroxylation sites is 1. The van der Waals surface area contributed by atoms with Gasteiger partial charge in [-0.05, 0) is 65.2 Å². The summed E-state index contributed by atoms with van der Waals surface area (Å²) in [5.41, 5.74) is 10.8. The van der Waals surface area contributed by atoms with Crippen LogP contribution in [0.3, 0.4) is 0 Å². The second-order valence-electron chi connectivity index (χ2n) is 10.6. The van der Waals surface area contributed by atoms with Crippen LogP contribution >= 0.6 is 11.8 Å². The van der Waals surface area contributed by atoms with Gasteiger partial charge in [0.25, 0.3) is 0 Å². The van der Waals surface area contributed by atoms with Crippen molar-refractivity contribution in [2.75, 3.05) is 0 Å². The van der Waals surface area contributed by atoms with Crippen molar-refractivity contribution in [3.63, 3.8) is 0 Å². The number of rotatable bonds is 4. The van der Waals surface area contributed by atoms with Crippen molar-refractivity contribution in [2.24, 2.45) is 16.8 Å². The van der Waals surface area contributed by atoms with Gasteiger partial charge in [-0.3, -0.25) is 4.99 Å². The zero-order valence-corrected chi connectivity index (χ0v) is 22.3. The summed E-state index contributed by atoms with van der Waals surface area (Å²) in [7, 11) is 0. The first kappa shape index (κ1) is 23.5. The normalized spacial score (nSPS) is 24.9. The van der Waals surface area contributed by atoms with Gasteiger partial charge in [0.1, 0.15) is 0 Å². The van der Waals surface area contributed by atoms with Crippen LogP contribution in [0, 0.1) is 11.8 Å². The van der Waals surface area contributed by atoms with Gasteiger partial charge in [-0.15, -0.1) is 11.8 Å². The van der Waals surface area contributed by atoms with Crippen molar-refractivity contribution < 1.29 is 0 Å². The smallest absolute Gasteiger partial charge is 0.0707 e. The van der Waals surface area contributed by atoms with Gasteiger partial charge in [-0.25, -0.2) is 0 Å². The highest BCUT2D eigenvalue weighted by Gasteiger charge is 2.37. The van der Waals surface area contributed by atoms with Crippen LogP contribution in [0.5, 0.6) is 0 Å². The first-order chi connectivity index (χ1) is 18.8. The van der Waals surface area contributed by atoms with Crippen LogP contribution in [0.25, 0.3) is 16.7 Å². The fourth-order valence-corrected chi connectivity index (χ4v) is 7.84. The summed E-state index contributed by atoms with van der Waals surface area (Å²) in [6.45, 7) is 0. The van der Waals surface area contributed by atoms with Crippen LogP contribution in [-0.2, 0) is 0 Å². The van der Waals surface area contributed by atoms with Crippen molar-refractivity contribution in [3.05, 3.63) is 138 Å². The molecule has 3 aliphatic carbocycles. The number of thioether (sulfide) groups is 1. The zero-order valence-electron chi connectivity index (χ0n) is 21.5. The maximum atomic E-state index is 5.14. The minimum Gasteiger partial charge on any atom is -0.257 e. The first-order valence-electron chi connectivity index (χ1n) is 13.8. The second-order valence-corrected chi connectivity index (χ2v) is 11.7. The Morgan fingerprint density at radius 1 is 0.711 bits per heavy atom. The van der Waals surface area contributed by atoms with Crippen LogP contribution in [0.1, 0.15) is 31.2 Å². The van der Waals surface area contributed by atoms with E-state index in [1.54, 1.807) is 0 Å². The zero-order chi connectivity index (χ0) is 25.3. The van der Waals surface area contributed by atoms with Crippen molar-refractivity contribution in [1.29, 1.82) is 0 Å². The summed E-state index contributed by atoms with van der Waals surface area (Å²) in [5, 5.41) is 0.523. The number of benzene rings is 3. The quantitative estimate of drug-likeness (QED) is 0.341. The molecule has 4 aliphatic rings. The maximum absolute atomic E-state index is 5.14. The van der Waals surface area contributed by atoms with Gasteiger partial charge in [0.05, 0.1) is 5.69 Å². The van der Waals surface area contributed by atoms with Crippen LogP contribution in [0.2, 0.25) is 0 Å². The Hall–Kier alpha value is -3.62. The lowest BCUT2D eigenvalue weighted by Gasteiger charge is -2.32. The Labute approximate surface area is 230 Å². The van der Waals surface area contributed by atoms with Gasteiger partial charge in [-0.1, -0.05) is 109 Å². The highest BCUT2D eigenvalue weighted by Crippen LogP contribution is 2.52. The number of allylic oxidation sites excluding steroid dienone is 9. The van der Waals surface area contributed by atoms with E-state index in [4.69, 9.17) is 4.99 Å². The molecule has 0 radical (unpaired) electrons. The molecule has 0 fully saturated rings. The number of aliphatic imine (C=N–C) groups is 1. The molecule has 0 saturated heterocycles. The van der Waals surface area contributed by atoms with Gasteiger partial charge in [-0.2, -0.15) is 0 Å². The minimum absolute atomic E-state index is 0.523. The average Bonchev–Trinajstić information content (AvgIpc) is 3.37. The molecule has 186 valence electrons. The van der Waals surface area contributed by atoms with E-state index in [0.29, 0.717) is 17.1 Å². The average molecular weight is 510 g/mol. The molecule has 3 atom stereocenters. The molecule has 1 nitrogen and oxygen atoms in total. The molecular formula is C36H31NS. The van der Waals surface area contributed by atoms with Crippen LogP contribution < -0.4 is 0 Å². The lowest BCUT2D eigenvalue weighted by atomic mass is 9.75. The predicted octanol–water partition coefficient (Wildman–Crippen LogP) is 9.78. The highest BCUT2D eigenvalue weighted by molar-refractivity contribution is 8.00. The number of nitrogens with zero attached hydrogens (tertiary/aromatic N) is 1. The van der Waals surface area contributed by atoms with E-state index in [1.807, 2.05) is 0 Å². The van der Waals surface area contributed by atoms with Gasteiger partial charge in [0, 0.05) is 33.8 Å². The maximum Gasteiger partial charge on any atom is 0.0707 e. The molecule has 3 aromatic carbocycles. The molecule has 0 amide bonds. The summed E-state index contributed by atoms with van der Waals surface area (Å²) < 4.78 is 0. The molecule has 1 aliphatic heterocycles. The van der Waals surface area contributed by atoms with Crippen LogP contribution in [0.4, 0.5) is 5.69 Å². The summed E-state index contributed by atoms with van der Waals surface area (Å²) in [5.74, 6) is 1.07. The molecule has 0 N–H and O–H groups in total. The summed E-state index contributed by atoms with van der Waals surface area (Å²) in [4.78, 5) is 6.57. The molecule has 7 rings (SSSR count). The van der Waals surface area contributed by atoms with E-state index in [2.05, 4.69) is 133 Å². The van der Waals surface area contributed by atoms with E-state index in [1.165, 1.54) is 44.0 Å². The summed E-state index contributed by atoms with van der Waals surface area (Å²) in [6, 6.07) is 28.0. The third kappa shape index (κ3) is 4.48. The molecule has 38 heavy (non-hydrogen) atoms. The van der Waals surface area contributed by atoms with Crippen molar-refractivity contribution in [3.8, 4) is 11.1 Å². The van der Waals surface area contributed by atoms with Crippen molar-refractivity contribution in [1.82, 2.24) is 0 Å². The van der Waals surface area contributed by atoms with E-state index in [9.17, 15) is 0 Å². The second kappa shape index (κ2) is 10.3. The molecule has 1 heterocycles. The van der Waals surface area contributed by atoms with Crippen molar-refractivity contribution >= 4 is 28.7 Å². The third-order valence-corrected chi connectivity index (χ3v) is 9.70. The topological polar surface area (TPSA) is 12.4 Å². The Bertz CT molecular complexity index is 1550. The molecule has 3 unspecified atom stereocenters. The molecule has 0 saturated carbocycles. The van der Waals surface area contributed by atoms with Crippen LogP contribution in [0.15, 0.2) is 142 Å². The first-order valence-corrected chi connectivity index (χ1v) is 14.6. The number of hydrogen-bond acceptors (Lipinski definition) is 2. The Morgan fingerprint density at radius 3 is 2.37 bits per heavy atom. The molecule has 0 spiro atoms. The fraction of sp³-hybridized carbons (Fsp3) is 0.194. The van der Waals surface area contributed by atoms with Crippen molar-refractivity contribution in [2.45, 2.75) is 35.8 Å². The summed E-state index contributed by atoms with van der Waals surface area (Å²) >= 11 is 2.06. The Balaban J connectivity index is 1.06. The fourth-order valence-electron chi connectivity index (χ4n) is 6.32. The van der Waals surface area contributed by atoms with E-state index < -0.39 is 0 Å². The molecular weight excluding hydrogens is 478 g/mol. The van der Waals surface area contributed by atoms with Crippen LogP contribution in [-0.4, -0.2) is 11.0 Å². The standard InChI is InChI=1S/C36H31NS/c1-2-10-26(11-3-1)30-14-4-6-18-34(30)37-29-22-20-25(21-23-29)27-12-8-13-28(24-27)31-16-9-17-33-32-15-5-7-19-35(32)38-36(31)33/h1-20,28,31,36H,21-24H2.